The molecule has 84 valence electrons. The van der Waals surface area contributed by atoms with E-state index in [4.69, 9.17) is 0 Å². The van der Waals surface area contributed by atoms with Crippen molar-refractivity contribution in [3.8, 4) is 0 Å². The van der Waals surface area contributed by atoms with Crippen LogP contribution in [0, 0.1) is 5.92 Å². The second-order valence-electron chi connectivity index (χ2n) is 4.88. The maximum absolute atomic E-state index is 9.52. The normalized spacial score (nSPS) is 19.3. The Morgan fingerprint density at radius 1 is 1.14 bits per heavy atom. The van der Waals surface area contributed by atoms with Gasteiger partial charge in [0.25, 0.3) is 0 Å². The van der Waals surface area contributed by atoms with Crippen LogP contribution < -0.4 is 0 Å². The van der Waals surface area contributed by atoms with Gasteiger partial charge in [-0.15, -0.1) is 0 Å². The molecule has 0 spiro atoms. The molecule has 0 amide bonds. The predicted molar refractivity (Wildman–Crippen MR) is 61.3 cm³/mol. The highest BCUT2D eigenvalue weighted by atomic mass is 16.3. The van der Waals surface area contributed by atoms with Gasteiger partial charge in [-0.2, -0.15) is 0 Å². The maximum atomic E-state index is 9.52. The molecule has 1 heteroatoms. The molecule has 0 heterocycles. The van der Waals surface area contributed by atoms with Gasteiger partial charge in [-0.1, -0.05) is 58.3 Å². The summed E-state index contributed by atoms with van der Waals surface area (Å²) in [6, 6.07) is 0. The lowest BCUT2D eigenvalue weighted by Gasteiger charge is -2.25. The molecule has 1 rings (SSSR count). The second kappa shape index (κ2) is 7.28. The molecule has 1 unspecified atom stereocenters. The average molecular weight is 198 g/mol. The van der Waals surface area contributed by atoms with E-state index in [2.05, 4.69) is 6.92 Å². The largest absolute Gasteiger partial charge is 0.393 e. The lowest BCUT2D eigenvalue weighted by atomic mass is 9.81. The van der Waals surface area contributed by atoms with Gasteiger partial charge in [0.15, 0.2) is 0 Å². The number of hydrogen-bond acceptors (Lipinski definition) is 1. The Balaban J connectivity index is 1.78. The standard InChI is InChI=1S/C13H26O/c1-2-7-13(14)11-5-3-4-8-12-9-6-10-12/h12-14H,2-11H2,1H3. The Hall–Kier alpha value is -0.0400. The molecule has 0 aromatic heterocycles. The first-order chi connectivity index (χ1) is 6.83. The topological polar surface area (TPSA) is 20.2 Å². The highest BCUT2D eigenvalue weighted by Crippen LogP contribution is 2.31. The molecule has 1 atom stereocenters. The molecule has 1 N–H and O–H groups in total. The van der Waals surface area contributed by atoms with Crippen LogP contribution in [0.15, 0.2) is 0 Å². The number of aliphatic hydroxyl groups is 1. The van der Waals surface area contributed by atoms with Crippen molar-refractivity contribution in [2.45, 2.75) is 77.2 Å². The van der Waals surface area contributed by atoms with Crippen LogP contribution in [0.5, 0.6) is 0 Å². The maximum Gasteiger partial charge on any atom is 0.0540 e. The Kier molecular flexibility index (Phi) is 6.25. The van der Waals surface area contributed by atoms with E-state index in [1.165, 1.54) is 44.9 Å². The summed E-state index contributed by atoms with van der Waals surface area (Å²) in [5.74, 6) is 1.07. The van der Waals surface area contributed by atoms with Crippen LogP contribution >= 0.6 is 0 Å². The molecule has 0 aromatic rings. The fourth-order valence-electron chi connectivity index (χ4n) is 2.25. The van der Waals surface area contributed by atoms with Crippen molar-refractivity contribution in [2.75, 3.05) is 0 Å². The van der Waals surface area contributed by atoms with Crippen molar-refractivity contribution in [2.24, 2.45) is 5.92 Å². The van der Waals surface area contributed by atoms with Crippen LogP contribution in [-0.4, -0.2) is 11.2 Å². The summed E-state index contributed by atoms with van der Waals surface area (Å²) in [4.78, 5) is 0. The molecule has 1 saturated carbocycles. The zero-order chi connectivity index (χ0) is 10.2. The van der Waals surface area contributed by atoms with Crippen molar-refractivity contribution >= 4 is 0 Å². The third kappa shape index (κ3) is 4.99. The molecular weight excluding hydrogens is 172 g/mol. The number of rotatable bonds is 8. The second-order valence-corrected chi connectivity index (χ2v) is 4.88. The lowest BCUT2D eigenvalue weighted by molar-refractivity contribution is 0.149. The van der Waals surface area contributed by atoms with Crippen molar-refractivity contribution in [1.29, 1.82) is 0 Å². The predicted octanol–water partition coefficient (Wildman–Crippen LogP) is 3.90. The van der Waals surface area contributed by atoms with E-state index in [1.807, 2.05) is 0 Å². The van der Waals surface area contributed by atoms with Crippen LogP contribution in [-0.2, 0) is 0 Å². The van der Waals surface area contributed by atoms with Gasteiger partial charge in [-0.25, -0.2) is 0 Å². The molecule has 0 radical (unpaired) electrons. The highest BCUT2D eigenvalue weighted by Gasteiger charge is 2.16. The van der Waals surface area contributed by atoms with Gasteiger partial charge < -0.3 is 5.11 Å². The Bertz CT molecular complexity index is 129. The van der Waals surface area contributed by atoms with Gasteiger partial charge in [-0.05, 0) is 18.8 Å². The molecule has 0 bridgehead atoms. The Morgan fingerprint density at radius 3 is 2.50 bits per heavy atom. The molecule has 0 aliphatic heterocycles. The minimum atomic E-state index is -0.0243. The number of unbranched alkanes of at least 4 members (excludes halogenated alkanes) is 2. The van der Waals surface area contributed by atoms with Crippen molar-refractivity contribution in [3.63, 3.8) is 0 Å². The first-order valence-electron chi connectivity index (χ1n) is 6.51. The van der Waals surface area contributed by atoms with E-state index in [-0.39, 0.29) is 6.10 Å². The summed E-state index contributed by atoms with van der Waals surface area (Å²) in [6.45, 7) is 2.14. The zero-order valence-electron chi connectivity index (χ0n) is 9.67. The molecule has 1 fully saturated rings. The van der Waals surface area contributed by atoms with Crippen LogP contribution in [0.1, 0.15) is 71.1 Å². The van der Waals surface area contributed by atoms with Gasteiger partial charge in [0, 0.05) is 0 Å². The monoisotopic (exact) mass is 198 g/mol. The number of hydrogen-bond donors (Lipinski definition) is 1. The van der Waals surface area contributed by atoms with E-state index in [9.17, 15) is 5.11 Å². The van der Waals surface area contributed by atoms with Crippen molar-refractivity contribution < 1.29 is 5.11 Å². The molecule has 1 nitrogen and oxygen atoms in total. The summed E-state index contributed by atoms with van der Waals surface area (Å²) < 4.78 is 0. The summed E-state index contributed by atoms with van der Waals surface area (Å²) in [7, 11) is 0. The Labute approximate surface area is 88.9 Å². The van der Waals surface area contributed by atoms with Gasteiger partial charge in [0.1, 0.15) is 0 Å². The first kappa shape index (κ1) is 12.0. The smallest absolute Gasteiger partial charge is 0.0540 e. The minimum absolute atomic E-state index is 0.0243. The van der Waals surface area contributed by atoms with Crippen molar-refractivity contribution in [1.82, 2.24) is 0 Å². The first-order valence-corrected chi connectivity index (χ1v) is 6.51. The number of aliphatic hydroxyl groups excluding tert-OH is 1. The van der Waals surface area contributed by atoms with Gasteiger partial charge >= 0.3 is 0 Å². The third-order valence-electron chi connectivity index (χ3n) is 3.50. The fourth-order valence-corrected chi connectivity index (χ4v) is 2.25. The average Bonchev–Trinajstić information content (AvgIpc) is 2.08. The molecule has 14 heavy (non-hydrogen) atoms. The molecular formula is C13H26O. The third-order valence-corrected chi connectivity index (χ3v) is 3.50. The SMILES string of the molecule is CCCC(O)CCCCCC1CCC1. The molecule has 1 aliphatic carbocycles. The summed E-state index contributed by atoms with van der Waals surface area (Å²) in [5.41, 5.74) is 0. The molecule has 0 saturated heterocycles. The fraction of sp³-hybridized carbons (Fsp3) is 1.00. The zero-order valence-corrected chi connectivity index (χ0v) is 9.67. The van der Waals surface area contributed by atoms with E-state index < -0.39 is 0 Å². The van der Waals surface area contributed by atoms with E-state index in [0.717, 1.165) is 25.2 Å². The highest BCUT2D eigenvalue weighted by molar-refractivity contribution is 4.69. The molecule has 1 aliphatic rings. The van der Waals surface area contributed by atoms with E-state index in [0.29, 0.717) is 0 Å². The van der Waals surface area contributed by atoms with Crippen LogP contribution in [0.4, 0.5) is 0 Å². The van der Waals surface area contributed by atoms with Gasteiger partial charge in [-0.3, -0.25) is 0 Å². The lowest BCUT2D eigenvalue weighted by Crippen LogP contribution is -2.10. The van der Waals surface area contributed by atoms with Gasteiger partial charge in [0.05, 0.1) is 6.10 Å². The van der Waals surface area contributed by atoms with Crippen molar-refractivity contribution in [3.05, 3.63) is 0 Å². The summed E-state index contributed by atoms with van der Waals surface area (Å²) in [6.07, 6.45) is 12.9. The van der Waals surface area contributed by atoms with Gasteiger partial charge in [0.2, 0.25) is 0 Å². The van der Waals surface area contributed by atoms with Crippen LogP contribution in [0.25, 0.3) is 0 Å². The summed E-state index contributed by atoms with van der Waals surface area (Å²) >= 11 is 0. The summed E-state index contributed by atoms with van der Waals surface area (Å²) in [5, 5.41) is 9.52. The van der Waals surface area contributed by atoms with Crippen LogP contribution in [0.3, 0.4) is 0 Å². The minimum Gasteiger partial charge on any atom is -0.393 e. The van der Waals surface area contributed by atoms with E-state index >= 15 is 0 Å². The van der Waals surface area contributed by atoms with E-state index in [1.54, 1.807) is 0 Å². The molecule has 0 aromatic carbocycles. The van der Waals surface area contributed by atoms with Crippen LogP contribution in [0.2, 0.25) is 0 Å². The quantitative estimate of drug-likeness (QED) is 0.586. The Morgan fingerprint density at radius 2 is 1.93 bits per heavy atom.